The summed E-state index contributed by atoms with van der Waals surface area (Å²) in [5, 5.41) is 73.6. The first-order chi connectivity index (χ1) is 25.8. The molecule has 0 aromatic rings. The second-order valence-corrected chi connectivity index (χ2v) is 16.8. The highest BCUT2D eigenvalue weighted by Gasteiger charge is 2.51. The Morgan fingerprint density at radius 1 is 0.630 bits per heavy atom. The van der Waals surface area contributed by atoms with E-state index < -0.39 is 75.2 Å². The van der Waals surface area contributed by atoms with Gasteiger partial charge >= 0.3 is 7.82 Å². The van der Waals surface area contributed by atoms with Crippen molar-refractivity contribution in [2.24, 2.45) is 0 Å². The lowest BCUT2D eigenvalue weighted by Gasteiger charge is -2.41. The third-order valence-electron chi connectivity index (χ3n) is 10.4. The van der Waals surface area contributed by atoms with Crippen LogP contribution >= 0.6 is 7.82 Å². The predicted octanol–water partition coefficient (Wildman–Crippen LogP) is 5.86. The van der Waals surface area contributed by atoms with Crippen molar-refractivity contribution in [3.63, 3.8) is 0 Å². The minimum absolute atomic E-state index is 0.228. The minimum atomic E-state index is -5.09. The summed E-state index contributed by atoms with van der Waals surface area (Å²) >= 11 is 0. The number of allylic oxidation sites excluding steroid dienone is 2. The maximum absolute atomic E-state index is 12.8. The van der Waals surface area contributed by atoms with Gasteiger partial charge in [-0.05, 0) is 38.5 Å². The molecule has 14 heteroatoms. The number of hydrogen-bond acceptors (Lipinski definition) is 11. The summed E-state index contributed by atoms with van der Waals surface area (Å²) in [7, 11) is -5.09. The standard InChI is InChI=1S/C40H78NO12P/c1-3-5-7-8-9-10-11-12-13-14-15-16-17-18-19-20-21-22-23-24-26-27-31(42)29-34(44)41-32(33(43)28-25-6-4-2)30-52-54(50,51)53-40-38(48)36(46)35(45)37(47)39(40)49/h18-19,31-33,35-40,42-43,45-49H,3-17,20-30H2,1-2H3,(H,41,44)(H,50,51)/b19-18-. The topological polar surface area (TPSA) is 226 Å². The third-order valence-corrected chi connectivity index (χ3v) is 11.4. The fourth-order valence-electron chi connectivity index (χ4n) is 6.83. The van der Waals surface area contributed by atoms with Gasteiger partial charge in [0, 0.05) is 0 Å². The zero-order valence-electron chi connectivity index (χ0n) is 33.4. The molecule has 54 heavy (non-hydrogen) atoms. The number of rotatable bonds is 34. The molecule has 8 unspecified atom stereocenters. The number of hydrogen-bond donors (Lipinski definition) is 9. The van der Waals surface area contributed by atoms with Gasteiger partial charge in [-0.15, -0.1) is 0 Å². The lowest BCUT2D eigenvalue weighted by molar-refractivity contribution is -0.220. The lowest BCUT2D eigenvalue weighted by Crippen LogP contribution is -2.64. The fourth-order valence-corrected chi connectivity index (χ4v) is 7.79. The van der Waals surface area contributed by atoms with Crippen molar-refractivity contribution >= 4 is 13.7 Å². The van der Waals surface area contributed by atoms with E-state index >= 15 is 0 Å². The minimum Gasteiger partial charge on any atom is -0.393 e. The van der Waals surface area contributed by atoms with Crippen LogP contribution in [0.25, 0.3) is 0 Å². The smallest absolute Gasteiger partial charge is 0.393 e. The second kappa shape index (κ2) is 31.1. The van der Waals surface area contributed by atoms with E-state index in [2.05, 4.69) is 24.4 Å². The quantitative estimate of drug-likeness (QED) is 0.0212. The summed E-state index contributed by atoms with van der Waals surface area (Å²) < 4.78 is 22.5. The number of phosphoric ester groups is 1. The van der Waals surface area contributed by atoms with Crippen molar-refractivity contribution in [3.8, 4) is 0 Å². The van der Waals surface area contributed by atoms with Gasteiger partial charge in [-0.25, -0.2) is 4.57 Å². The molecule has 1 rings (SSSR count). The molecule has 0 aromatic carbocycles. The average molecular weight is 796 g/mol. The monoisotopic (exact) mass is 796 g/mol. The van der Waals surface area contributed by atoms with Crippen molar-refractivity contribution in [3.05, 3.63) is 12.2 Å². The number of carbonyl (C=O) groups excluding carboxylic acids is 1. The van der Waals surface area contributed by atoms with Gasteiger partial charge in [0.1, 0.15) is 36.6 Å². The summed E-state index contributed by atoms with van der Waals surface area (Å²) in [5.41, 5.74) is 0. The third kappa shape index (κ3) is 23.3. The van der Waals surface area contributed by atoms with Gasteiger partial charge in [0.25, 0.3) is 0 Å². The van der Waals surface area contributed by atoms with Crippen molar-refractivity contribution in [1.82, 2.24) is 5.32 Å². The molecule has 1 fully saturated rings. The lowest BCUT2D eigenvalue weighted by atomic mass is 9.85. The fraction of sp³-hybridized carbons (Fsp3) is 0.925. The van der Waals surface area contributed by atoms with E-state index in [9.17, 15) is 50.0 Å². The van der Waals surface area contributed by atoms with Crippen LogP contribution in [-0.4, -0.2) is 108 Å². The Morgan fingerprint density at radius 2 is 1.04 bits per heavy atom. The first-order valence-electron chi connectivity index (χ1n) is 21.2. The highest BCUT2D eigenvalue weighted by Crippen LogP contribution is 2.47. The van der Waals surface area contributed by atoms with Crippen LogP contribution in [0.15, 0.2) is 12.2 Å². The predicted molar refractivity (Wildman–Crippen MR) is 211 cm³/mol. The van der Waals surface area contributed by atoms with E-state index in [-0.39, 0.29) is 12.8 Å². The molecule has 320 valence electrons. The van der Waals surface area contributed by atoms with Gasteiger partial charge in [0.05, 0.1) is 31.3 Å². The Bertz CT molecular complexity index is 990. The normalized spacial score (nSPS) is 24.7. The molecular formula is C40H78NO12P. The molecule has 0 aromatic heterocycles. The molecule has 1 aliphatic rings. The molecule has 0 saturated heterocycles. The van der Waals surface area contributed by atoms with Crippen LogP contribution in [0, 0.1) is 0 Å². The number of carbonyl (C=O) groups is 1. The maximum Gasteiger partial charge on any atom is 0.472 e. The number of unbranched alkanes of at least 4 members (excludes halogenated alkanes) is 19. The van der Waals surface area contributed by atoms with Crippen LogP contribution in [0.5, 0.6) is 0 Å². The van der Waals surface area contributed by atoms with Gasteiger partial charge < -0.3 is 46.0 Å². The van der Waals surface area contributed by atoms with E-state index in [0.717, 1.165) is 57.8 Å². The first-order valence-corrected chi connectivity index (χ1v) is 22.7. The Kier molecular flexibility index (Phi) is 29.4. The van der Waals surface area contributed by atoms with Crippen LogP contribution in [0.1, 0.15) is 174 Å². The van der Waals surface area contributed by atoms with E-state index in [1.54, 1.807) is 0 Å². The summed E-state index contributed by atoms with van der Waals surface area (Å²) in [6, 6.07) is -1.15. The van der Waals surface area contributed by atoms with E-state index in [0.29, 0.717) is 12.8 Å². The number of aliphatic hydroxyl groups is 7. The number of nitrogens with one attached hydrogen (secondary N) is 1. The Labute approximate surface area is 325 Å². The van der Waals surface area contributed by atoms with Crippen LogP contribution in [-0.2, 0) is 18.4 Å². The van der Waals surface area contributed by atoms with Gasteiger partial charge in [-0.2, -0.15) is 0 Å². The summed E-state index contributed by atoms with van der Waals surface area (Å²) in [6.07, 6.45) is 17.0. The molecule has 0 bridgehead atoms. The largest absolute Gasteiger partial charge is 0.472 e. The maximum atomic E-state index is 12.8. The molecule has 1 amide bonds. The van der Waals surface area contributed by atoms with Crippen LogP contribution < -0.4 is 5.32 Å². The Balaban J connectivity index is 2.28. The van der Waals surface area contributed by atoms with E-state index in [1.807, 2.05) is 6.92 Å². The second-order valence-electron chi connectivity index (χ2n) is 15.4. The average Bonchev–Trinajstić information content (AvgIpc) is 3.14. The number of phosphoric acid groups is 1. The SMILES string of the molecule is CCCCCCCCCCCCCC/C=C\CCCCCCCC(O)CC(=O)NC(COP(=O)(O)OC1C(O)C(O)C(O)C(O)C1O)C(O)CCCCC. The highest BCUT2D eigenvalue weighted by molar-refractivity contribution is 7.47. The van der Waals surface area contributed by atoms with Crippen molar-refractivity contribution < 1.29 is 59.0 Å². The van der Waals surface area contributed by atoms with Crippen LogP contribution in [0.4, 0.5) is 0 Å². The molecule has 1 aliphatic carbocycles. The van der Waals surface area contributed by atoms with Crippen LogP contribution in [0.2, 0.25) is 0 Å². The Hall–Kier alpha value is -0.960. The molecular weight excluding hydrogens is 717 g/mol. The molecule has 13 nitrogen and oxygen atoms in total. The van der Waals surface area contributed by atoms with Gasteiger partial charge in [0.2, 0.25) is 5.91 Å². The van der Waals surface area contributed by atoms with Crippen LogP contribution in [0.3, 0.4) is 0 Å². The molecule has 8 atom stereocenters. The number of aliphatic hydroxyl groups excluding tert-OH is 7. The van der Waals surface area contributed by atoms with Gasteiger partial charge in [0.15, 0.2) is 0 Å². The zero-order valence-corrected chi connectivity index (χ0v) is 34.3. The summed E-state index contributed by atoms with van der Waals surface area (Å²) in [5.74, 6) is -0.576. The molecule has 0 spiro atoms. The van der Waals surface area contributed by atoms with Crippen molar-refractivity contribution in [2.75, 3.05) is 6.61 Å². The van der Waals surface area contributed by atoms with Gasteiger partial charge in [-0.3, -0.25) is 13.8 Å². The molecule has 0 heterocycles. The highest BCUT2D eigenvalue weighted by atomic mass is 31.2. The molecule has 1 saturated carbocycles. The van der Waals surface area contributed by atoms with E-state index in [4.69, 9.17) is 9.05 Å². The molecule has 0 aliphatic heterocycles. The summed E-state index contributed by atoms with van der Waals surface area (Å²) in [6.45, 7) is 3.55. The first kappa shape index (κ1) is 51.1. The summed E-state index contributed by atoms with van der Waals surface area (Å²) in [4.78, 5) is 23.1. The van der Waals surface area contributed by atoms with Crippen molar-refractivity contribution in [2.45, 2.75) is 229 Å². The van der Waals surface area contributed by atoms with Crippen molar-refractivity contribution in [1.29, 1.82) is 0 Å². The zero-order chi connectivity index (χ0) is 40.2. The molecule has 9 N–H and O–H groups in total. The number of amides is 1. The Morgan fingerprint density at radius 3 is 1.54 bits per heavy atom. The van der Waals surface area contributed by atoms with Gasteiger partial charge in [-0.1, -0.05) is 142 Å². The molecule has 0 radical (unpaired) electrons. The van der Waals surface area contributed by atoms with E-state index in [1.165, 1.54) is 77.0 Å².